The van der Waals surface area contributed by atoms with E-state index in [2.05, 4.69) is 9.88 Å². The molecule has 3 rings (SSSR count). The molecule has 2 unspecified atom stereocenters. The summed E-state index contributed by atoms with van der Waals surface area (Å²) in [6.07, 6.45) is 10.7. The van der Waals surface area contributed by atoms with Gasteiger partial charge in [0.15, 0.2) is 0 Å². The summed E-state index contributed by atoms with van der Waals surface area (Å²) in [5.41, 5.74) is 0.787. The number of aliphatic hydroxyl groups excluding tert-OH is 1. The van der Waals surface area contributed by atoms with E-state index >= 15 is 0 Å². The third-order valence-corrected chi connectivity index (χ3v) is 4.86. The second kappa shape index (κ2) is 6.65. The zero-order valence-corrected chi connectivity index (χ0v) is 12.6. The van der Waals surface area contributed by atoms with Crippen molar-refractivity contribution >= 4 is 5.91 Å². The van der Waals surface area contributed by atoms with E-state index in [1.54, 1.807) is 0 Å². The van der Waals surface area contributed by atoms with Gasteiger partial charge in [0.05, 0.1) is 6.10 Å². The molecule has 0 spiro atoms. The predicted molar refractivity (Wildman–Crippen MR) is 82.2 cm³/mol. The molecule has 2 aliphatic carbocycles. The maximum absolute atomic E-state index is 12.2. The van der Waals surface area contributed by atoms with Gasteiger partial charge in [-0.05, 0) is 56.6 Å². The summed E-state index contributed by atoms with van der Waals surface area (Å²) >= 11 is 0. The Morgan fingerprint density at radius 1 is 1.29 bits per heavy atom. The number of hydrogen-bond donors (Lipinski definition) is 2. The number of nitrogens with one attached hydrogen (secondary N) is 1. The molecule has 1 amide bonds. The summed E-state index contributed by atoms with van der Waals surface area (Å²) in [5, 5.41) is 13.0. The largest absolute Gasteiger partial charge is 0.393 e. The van der Waals surface area contributed by atoms with Crippen molar-refractivity contribution in [1.29, 1.82) is 0 Å². The molecule has 0 bridgehead atoms. The molecule has 4 nitrogen and oxygen atoms in total. The SMILES string of the molecule is O=C(NCCCC1CCCCC1O)c1cccn1C1CC1. The van der Waals surface area contributed by atoms with Crippen molar-refractivity contribution in [3.8, 4) is 0 Å². The van der Waals surface area contributed by atoms with Crippen molar-refractivity contribution in [2.75, 3.05) is 6.54 Å². The molecule has 0 aliphatic heterocycles. The van der Waals surface area contributed by atoms with Crippen LogP contribution in [0.25, 0.3) is 0 Å². The van der Waals surface area contributed by atoms with Crippen LogP contribution in [0.3, 0.4) is 0 Å². The molecular weight excluding hydrogens is 264 g/mol. The minimum absolute atomic E-state index is 0.0380. The van der Waals surface area contributed by atoms with Crippen molar-refractivity contribution in [2.45, 2.75) is 63.5 Å². The van der Waals surface area contributed by atoms with Crippen LogP contribution in [0, 0.1) is 5.92 Å². The number of amides is 1. The van der Waals surface area contributed by atoms with E-state index in [-0.39, 0.29) is 12.0 Å². The first-order chi connectivity index (χ1) is 10.3. The molecule has 116 valence electrons. The first-order valence-corrected chi connectivity index (χ1v) is 8.39. The van der Waals surface area contributed by atoms with Crippen LogP contribution in [-0.2, 0) is 0 Å². The van der Waals surface area contributed by atoms with Crippen LogP contribution in [0.15, 0.2) is 18.3 Å². The smallest absolute Gasteiger partial charge is 0.267 e. The van der Waals surface area contributed by atoms with Crippen LogP contribution >= 0.6 is 0 Å². The number of carbonyl (C=O) groups excluding carboxylic acids is 1. The van der Waals surface area contributed by atoms with Gasteiger partial charge in [-0.1, -0.05) is 12.8 Å². The van der Waals surface area contributed by atoms with Gasteiger partial charge < -0.3 is 15.0 Å². The molecule has 2 fully saturated rings. The molecule has 1 aromatic heterocycles. The van der Waals surface area contributed by atoms with Gasteiger partial charge in [-0.25, -0.2) is 0 Å². The zero-order chi connectivity index (χ0) is 14.7. The molecule has 4 heteroatoms. The second-order valence-electron chi connectivity index (χ2n) is 6.54. The predicted octanol–water partition coefficient (Wildman–Crippen LogP) is 2.88. The first kappa shape index (κ1) is 14.6. The van der Waals surface area contributed by atoms with E-state index < -0.39 is 0 Å². The Balaban J connectivity index is 1.40. The van der Waals surface area contributed by atoms with Crippen LogP contribution < -0.4 is 5.32 Å². The third kappa shape index (κ3) is 3.67. The molecule has 0 aromatic carbocycles. The molecule has 1 aromatic rings. The maximum Gasteiger partial charge on any atom is 0.267 e. The van der Waals surface area contributed by atoms with Crippen LogP contribution in [0.5, 0.6) is 0 Å². The minimum Gasteiger partial charge on any atom is -0.393 e. The average Bonchev–Trinajstić information content (AvgIpc) is 3.22. The first-order valence-electron chi connectivity index (χ1n) is 8.39. The van der Waals surface area contributed by atoms with Crippen LogP contribution in [0.1, 0.15) is 67.9 Å². The van der Waals surface area contributed by atoms with Gasteiger partial charge in [-0.3, -0.25) is 4.79 Å². The summed E-state index contributed by atoms with van der Waals surface area (Å²) in [5.74, 6) is 0.474. The maximum atomic E-state index is 12.2. The summed E-state index contributed by atoms with van der Waals surface area (Å²) < 4.78 is 2.10. The highest BCUT2D eigenvalue weighted by atomic mass is 16.3. The van der Waals surface area contributed by atoms with Gasteiger partial charge in [0.25, 0.3) is 5.91 Å². The van der Waals surface area contributed by atoms with Gasteiger partial charge >= 0.3 is 0 Å². The Hall–Kier alpha value is -1.29. The molecule has 2 N–H and O–H groups in total. The topological polar surface area (TPSA) is 54.3 Å². The van der Waals surface area contributed by atoms with Gasteiger partial charge in [0.2, 0.25) is 0 Å². The minimum atomic E-state index is -0.124. The van der Waals surface area contributed by atoms with Crippen LogP contribution in [0.2, 0.25) is 0 Å². The standard InChI is InChI=1S/C17H26N2O2/c20-16-8-2-1-5-13(16)6-3-11-18-17(21)15-7-4-12-19(15)14-9-10-14/h4,7,12-14,16,20H,1-3,5-6,8-11H2,(H,18,21). The van der Waals surface area contributed by atoms with Crippen molar-refractivity contribution in [2.24, 2.45) is 5.92 Å². The van der Waals surface area contributed by atoms with Gasteiger partial charge in [-0.2, -0.15) is 0 Å². The third-order valence-electron chi connectivity index (χ3n) is 4.86. The highest BCUT2D eigenvalue weighted by molar-refractivity contribution is 5.92. The summed E-state index contributed by atoms with van der Waals surface area (Å²) in [6, 6.07) is 4.39. The molecule has 0 radical (unpaired) electrons. The van der Waals surface area contributed by atoms with Gasteiger partial charge in [-0.15, -0.1) is 0 Å². The lowest BCUT2D eigenvalue weighted by Gasteiger charge is -2.27. The van der Waals surface area contributed by atoms with Crippen molar-refractivity contribution < 1.29 is 9.90 Å². The Bertz CT molecular complexity index is 479. The fourth-order valence-electron chi connectivity index (χ4n) is 3.44. The Morgan fingerprint density at radius 3 is 2.86 bits per heavy atom. The second-order valence-corrected chi connectivity index (χ2v) is 6.54. The number of aromatic nitrogens is 1. The Morgan fingerprint density at radius 2 is 2.10 bits per heavy atom. The molecule has 2 aliphatic rings. The quantitative estimate of drug-likeness (QED) is 0.792. The molecule has 21 heavy (non-hydrogen) atoms. The molecule has 2 saturated carbocycles. The van der Waals surface area contributed by atoms with E-state index in [1.807, 2.05) is 18.3 Å². The van der Waals surface area contributed by atoms with Crippen molar-refractivity contribution in [3.63, 3.8) is 0 Å². The van der Waals surface area contributed by atoms with E-state index in [4.69, 9.17) is 0 Å². The molecular formula is C17H26N2O2. The summed E-state index contributed by atoms with van der Waals surface area (Å²) in [7, 11) is 0. The average molecular weight is 290 g/mol. The number of hydrogen-bond acceptors (Lipinski definition) is 2. The van der Waals surface area contributed by atoms with E-state index in [9.17, 15) is 9.90 Å². The number of aliphatic hydroxyl groups is 1. The number of rotatable bonds is 6. The lowest BCUT2D eigenvalue weighted by Crippen LogP contribution is -2.29. The highest BCUT2D eigenvalue weighted by Crippen LogP contribution is 2.36. The zero-order valence-electron chi connectivity index (χ0n) is 12.6. The van der Waals surface area contributed by atoms with Crippen molar-refractivity contribution in [1.82, 2.24) is 9.88 Å². The van der Waals surface area contributed by atoms with Crippen LogP contribution in [-0.4, -0.2) is 28.2 Å². The van der Waals surface area contributed by atoms with Gasteiger partial charge in [0, 0.05) is 18.8 Å². The van der Waals surface area contributed by atoms with Gasteiger partial charge in [0.1, 0.15) is 5.69 Å². The normalized spacial score (nSPS) is 25.8. The molecule has 0 saturated heterocycles. The van der Waals surface area contributed by atoms with Crippen molar-refractivity contribution in [3.05, 3.63) is 24.0 Å². The Kier molecular flexibility index (Phi) is 4.63. The van der Waals surface area contributed by atoms with Crippen LogP contribution in [0.4, 0.5) is 0 Å². The summed E-state index contributed by atoms with van der Waals surface area (Å²) in [6.45, 7) is 0.706. The van der Waals surface area contributed by atoms with E-state index in [0.29, 0.717) is 18.5 Å². The van der Waals surface area contributed by atoms with E-state index in [0.717, 1.165) is 37.8 Å². The summed E-state index contributed by atoms with van der Waals surface area (Å²) in [4.78, 5) is 12.2. The highest BCUT2D eigenvalue weighted by Gasteiger charge is 2.26. The molecule has 1 heterocycles. The molecule has 2 atom stereocenters. The van der Waals surface area contributed by atoms with E-state index in [1.165, 1.54) is 19.3 Å². The monoisotopic (exact) mass is 290 g/mol. The lowest BCUT2D eigenvalue weighted by atomic mass is 9.83. The lowest BCUT2D eigenvalue weighted by molar-refractivity contribution is 0.0641. The Labute approximate surface area is 126 Å². The fourth-order valence-corrected chi connectivity index (χ4v) is 3.44. The number of nitrogens with zero attached hydrogens (tertiary/aromatic N) is 1. The fraction of sp³-hybridized carbons (Fsp3) is 0.706. The number of carbonyl (C=O) groups is 1.